The molecule has 1 aromatic heterocycles. The van der Waals surface area contributed by atoms with Crippen molar-refractivity contribution < 1.29 is 4.74 Å². The largest absolute Gasteiger partial charge is 0.379 e. The van der Waals surface area contributed by atoms with E-state index in [1.165, 1.54) is 16.7 Å². The van der Waals surface area contributed by atoms with Gasteiger partial charge in [0, 0.05) is 11.0 Å². The molecule has 160 valence electrons. The van der Waals surface area contributed by atoms with Crippen molar-refractivity contribution in [3.63, 3.8) is 0 Å². The van der Waals surface area contributed by atoms with E-state index in [2.05, 4.69) is 82.1 Å². The van der Waals surface area contributed by atoms with Crippen molar-refractivity contribution in [3.05, 3.63) is 93.2 Å². The molecule has 0 aliphatic carbocycles. The van der Waals surface area contributed by atoms with Gasteiger partial charge in [-0.15, -0.1) is 0 Å². The van der Waals surface area contributed by atoms with Gasteiger partial charge in [0.25, 0.3) is 0 Å². The summed E-state index contributed by atoms with van der Waals surface area (Å²) in [5, 5.41) is 3.64. The fraction of sp³-hybridized carbons (Fsp3) is 0.269. The van der Waals surface area contributed by atoms with E-state index < -0.39 is 0 Å². The zero-order valence-corrected chi connectivity index (χ0v) is 19.9. The Kier molecular flexibility index (Phi) is 6.73. The maximum atomic E-state index is 6.00. The summed E-state index contributed by atoms with van der Waals surface area (Å²) in [5.74, 6) is 0.939. The number of rotatable bonds is 8. The lowest BCUT2D eigenvalue weighted by atomic mass is 10.00. The molecule has 1 N–H and O–H groups in total. The highest BCUT2D eigenvalue weighted by molar-refractivity contribution is 9.10. The first-order valence-electron chi connectivity index (χ1n) is 10.7. The molecule has 0 radical (unpaired) electrons. The molecule has 0 saturated heterocycles. The van der Waals surface area contributed by atoms with Crippen LogP contribution in [0.1, 0.15) is 35.0 Å². The van der Waals surface area contributed by atoms with Crippen molar-refractivity contribution in [1.82, 2.24) is 9.55 Å². The molecular formula is C26H28BrN3O. The minimum absolute atomic E-state index is 0.463. The highest BCUT2D eigenvalue weighted by atomic mass is 79.9. The van der Waals surface area contributed by atoms with Crippen LogP contribution in [0.3, 0.4) is 0 Å². The lowest BCUT2D eigenvalue weighted by Gasteiger charge is -2.14. The molecule has 0 aliphatic rings. The number of imidazole rings is 1. The Morgan fingerprint density at radius 3 is 2.61 bits per heavy atom. The Bertz CT molecular complexity index is 1180. The number of hydrogen-bond donors (Lipinski definition) is 1. The van der Waals surface area contributed by atoms with E-state index in [-0.39, 0.29) is 0 Å². The minimum Gasteiger partial charge on any atom is -0.379 e. The molecule has 31 heavy (non-hydrogen) atoms. The molecule has 0 bridgehead atoms. The van der Waals surface area contributed by atoms with E-state index in [0.29, 0.717) is 13.3 Å². The molecule has 0 atom stereocenters. The van der Waals surface area contributed by atoms with Crippen molar-refractivity contribution in [2.75, 3.05) is 5.32 Å². The summed E-state index contributed by atoms with van der Waals surface area (Å²) in [6.07, 6.45) is 1.03. The fourth-order valence-corrected chi connectivity index (χ4v) is 4.41. The second-order valence-corrected chi connectivity index (χ2v) is 8.71. The van der Waals surface area contributed by atoms with Crippen molar-refractivity contribution in [2.24, 2.45) is 0 Å². The third-order valence-corrected chi connectivity index (χ3v) is 6.14. The number of nitrogens with zero attached hydrogens (tertiary/aromatic N) is 2. The molecule has 4 aromatic rings. The van der Waals surface area contributed by atoms with Crippen LogP contribution in [0.5, 0.6) is 0 Å². The SMILES string of the molecule is CCc1cccc(C)c1CNc1cc(Br)cc2c1nc(C)n2COCc1ccccc1. The Morgan fingerprint density at radius 1 is 1.03 bits per heavy atom. The first kappa shape index (κ1) is 21.6. The molecule has 0 fully saturated rings. The third-order valence-electron chi connectivity index (χ3n) is 5.69. The number of ether oxygens (including phenoxy) is 1. The van der Waals surface area contributed by atoms with Crippen LogP contribution in [-0.2, 0) is 31.0 Å². The average molecular weight is 478 g/mol. The second-order valence-electron chi connectivity index (χ2n) is 7.79. The van der Waals surface area contributed by atoms with Crippen molar-refractivity contribution in [3.8, 4) is 0 Å². The monoisotopic (exact) mass is 477 g/mol. The lowest BCUT2D eigenvalue weighted by Crippen LogP contribution is -2.06. The van der Waals surface area contributed by atoms with Crippen LogP contribution >= 0.6 is 15.9 Å². The highest BCUT2D eigenvalue weighted by Gasteiger charge is 2.14. The molecule has 4 nitrogen and oxygen atoms in total. The molecule has 0 saturated carbocycles. The summed E-state index contributed by atoms with van der Waals surface area (Å²) in [7, 11) is 0. The number of aromatic nitrogens is 2. The summed E-state index contributed by atoms with van der Waals surface area (Å²) in [6.45, 7) is 8.22. The first-order valence-corrected chi connectivity index (χ1v) is 11.5. The Labute approximate surface area is 192 Å². The van der Waals surface area contributed by atoms with Crippen LogP contribution in [-0.4, -0.2) is 9.55 Å². The molecule has 5 heteroatoms. The number of anilines is 1. The minimum atomic E-state index is 0.463. The molecule has 1 heterocycles. The number of fused-ring (bicyclic) bond motifs is 1. The maximum absolute atomic E-state index is 6.00. The van der Waals surface area contributed by atoms with Gasteiger partial charge in [0.15, 0.2) is 0 Å². The Hall–Kier alpha value is -2.63. The smallest absolute Gasteiger partial charge is 0.125 e. The Balaban J connectivity index is 1.57. The summed E-state index contributed by atoms with van der Waals surface area (Å²) < 4.78 is 9.14. The van der Waals surface area contributed by atoms with Crippen molar-refractivity contribution in [2.45, 2.75) is 47.1 Å². The van der Waals surface area contributed by atoms with Gasteiger partial charge < -0.3 is 14.6 Å². The van der Waals surface area contributed by atoms with Crippen LogP contribution in [0, 0.1) is 13.8 Å². The lowest BCUT2D eigenvalue weighted by molar-refractivity contribution is 0.0652. The predicted molar refractivity (Wildman–Crippen MR) is 131 cm³/mol. The zero-order chi connectivity index (χ0) is 21.8. The maximum Gasteiger partial charge on any atom is 0.125 e. The summed E-state index contributed by atoms with van der Waals surface area (Å²) in [6, 6.07) is 21.0. The normalized spacial score (nSPS) is 11.2. The van der Waals surface area contributed by atoms with Crippen LogP contribution in [0.25, 0.3) is 11.0 Å². The van der Waals surface area contributed by atoms with Gasteiger partial charge in [-0.2, -0.15) is 0 Å². The quantitative estimate of drug-likeness (QED) is 0.304. The van der Waals surface area contributed by atoms with Gasteiger partial charge in [-0.05, 0) is 54.7 Å². The van der Waals surface area contributed by atoms with E-state index in [4.69, 9.17) is 9.72 Å². The van der Waals surface area contributed by atoms with Gasteiger partial charge >= 0.3 is 0 Å². The predicted octanol–water partition coefficient (Wildman–Crippen LogP) is 6.76. The zero-order valence-electron chi connectivity index (χ0n) is 18.3. The number of nitrogens with one attached hydrogen (secondary N) is 1. The van der Waals surface area contributed by atoms with Crippen LogP contribution < -0.4 is 5.32 Å². The molecular weight excluding hydrogens is 450 g/mol. The van der Waals surface area contributed by atoms with Gasteiger partial charge in [0.05, 0.1) is 17.8 Å². The third kappa shape index (κ3) is 4.83. The number of hydrogen-bond acceptors (Lipinski definition) is 3. The number of aryl methyl sites for hydroxylation is 3. The van der Waals surface area contributed by atoms with E-state index in [0.717, 1.165) is 45.5 Å². The van der Waals surface area contributed by atoms with Gasteiger partial charge in [0.2, 0.25) is 0 Å². The molecule has 0 amide bonds. The number of benzene rings is 3. The van der Waals surface area contributed by atoms with E-state index in [1.54, 1.807) is 0 Å². The molecule has 0 spiro atoms. The van der Waals surface area contributed by atoms with Crippen LogP contribution in [0.15, 0.2) is 65.1 Å². The van der Waals surface area contributed by atoms with Gasteiger partial charge in [-0.25, -0.2) is 4.98 Å². The molecule has 4 rings (SSSR count). The van der Waals surface area contributed by atoms with Gasteiger partial charge in [-0.1, -0.05) is 71.4 Å². The van der Waals surface area contributed by atoms with E-state index >= 15 is 0 Å². The summed E-state index contributed by atoms with van der Waals surface area (Å²) in [5.41, 5.74) is 8.28. The van der Waals surface area contributed by atoms with Gasteiger partial charge in [-0.3, -0.25) is 0 Å². The summed E-state index contributed by atoms with van der Waals surface area (Å²) >= 11 is 3.68. The van der Waals surface area contributed by atoms with Gasteiger partial charge in [0.1, 0.15) is 18.1 Å². The average Bonchev–Trinajstić information content (AvgIpc) is 3.08. The summed E-state index contributed by atoms with van der Waals surface area (Å²) in [4.78, 5) is 4.86. The second kappa shape index (κ2) is 9.67. The van der Waals surface area contributed by atoms with Crippen molar-refractivity contribution >= 4 is 32.7 Å². The van der Waals surface area contributed by atoms with Crippen LogP contribution in [0.4, 0.5) is 5.69 Å². The van der Waals surface area contributed by atoms with E-state index in [1.807, 2.05) is 25.1 Å². The van der Waals surface area contributed by atoms with Crippen molar-refractivity contribution in [1.29, 1.82) is 0 Å². The molecule has 0 aliphatic heterocycles. The van der Waals surface area contributed by atoms with Crippen LogP contribution in [0.2, 0.25) is 0 Å². The topological polar surface area (TPSA) is 39.1 Å². The Morgan fingerprint density at radius 2 is 1.84 bits per heavy atom. The fourth-order valence-electron chi connectivity index (χ4n) is 3.96. The first-order chi connectivity index (χ1) is 15.1. The standard InChI is InChI=1S/C26H28BrN3O/c1-4-21-12-8-9-18(2)23(21)15-28-24-13-22(27)14-25-26(24)29-19(3)30(25)17-31-16-20-10-6-5-7-11-20/h5-14,28H,4,15-17H2,1-3H3. The van der Waals surface area contributed by atoms with E-state index in [9.17, 15) is 0 Å². The molecule has 3 aromatic carbocycles. The number of halogens is 1. The molecule has 0 unspecified atom stereocenters. The highest BCUT2D eigenvalue weighted by Crippen LogP contribution is 2.30.